The van der Waals surface area contributed by atoms with Crippen LogP contribution in [0.2, 0.25) is 0 Å². The highest BCUT2D eigenvalue weighted by molar-refractivity contribution is 4.79. The lowest BCUT2D eigenvalue weighted by Gasteiger charge is -2.35. The van der Waals surface area contributed by atoms with E-state index in [0.717, 1.165) is 39.0 Å². The lowest BCUT2D eigenvalue weighted by Crippen LogP contribution is -2.39. The Morgan fingerprint density at radius 3 is 2.58 bits per heavy atom. The first-order chi connectivity index (χ1) is 9.16. The molecule has 0 aromatic carbocycles. The van der Waals surface area contributed by atoms with Crippen molar-refractivity contribution in [3.63, 3.8) is 0 Å². The molecule has 2 rings (SSSR count). The number of hydrogen-bond acceptors (Lipinski definition) is 3. The summed E-state index contributed by atoms with van der Waals surface area (Å²) in [4.78, 5) is 6.58. The zero-order valence-electron chi connectivity index (χ0n) is 12.2. The van der Waals surface area contributed by atoms with Gasteiger partial charge in [0.25, 0.3) is 0 Å². The molecule has 1 N–H and O–H groups in total. The lowest BCUT2D eigenvalue weighted by molar-refractivity contribution is 0.0281. The predicted molar refractivity (Wildman–Crippen MR) is 76.9 cm³/mol. The van der Waals surface area contributed by atoms with Gasteiger partial charge in [-0.25, -0.2) is 4.98 Å². The van der Waals surface area contributed by atoms with E-state index in [1.54, 1.807) is 0 Å². The minimum absolute atomic E-state index is 0.118. The molecule has 2 heterocycles. The quantitative estimate of drug-likeness (QED) is 0.855. The number of piperidine rings is 1. The molecule has 1 aliphatic rings. The maximum Gasteiger partial charge on any atom is 0.0945 e. The van der Waals surface area contributed by atoms with Crippen LogP contribution >= 0.6 is 0 Å². The van der Waals surface area contributed by atoms with Crippen LogP contribution in [0.1, 0.15) is 33.1 Å². The van der Waals surface area contributed by atoms with Crippen molar-refractivity contribution in [2.45, 2.75) is 45.8 Å². The second-order valence-corrected chi connectivity index (χ2v) is 6.07. The predicted octanol–water partition coefficient (Wildman–Crippen LogP) is 2.00. The van der Waals surface area contributed by atoms with Crippen LogP contribution in [-0.2, 0) is 6.54 Å². The molecule has 0 aliphatic carbocycles. The molecule has 19 heavy (non-hydrogen) atoms. The fourth-order valence-corrected chi connectivity index (χ4v) is 2.96. The smallest absolute Gasteiger partial charge is 0.0945 e. The summed E-state index contributed by atoms with van der Waals surface area (Å²) < 4.78 is 2.13. The molecule has 0 spiro atoms. The molecule has 0 bridgehead atoms. The minimum atomic E-state index is -0.118. The van der Waals surface area contributed by atoms with Gasteiger partial charge in [-0.05, 0) is 50.7 Å². The normalized spacial score (nSPS) is 20.0. The number of nitrogens with zero attached hydrogens (tertiary/aromatic N) is 3. The van der Waals surface area contributed by atoms with Gasteiger partial charge in [-0.3, -0.25) is 0 Å². The highest BCUT2D eigenvalue weighted by atomic mass is 16.3. The molecule has 4 nitrogen and oxygen atoms in total. The molecule has 1 unspecified atom stereocenters. The number of aromatic nitrogens is 2. The zero-order valence-corrected chi connectivity index (χ0v) is 12.2. The third-order valence-electron chi connectivity index (χ3n) is 4.25. The summed E-state index contributed by atoms with van der Waals surface area (Å²) in [6, 6.07) is 0. The summed E-state index contributed by atoms with van der Waals surface area (Å²) in [5, 5.41) is 10.1. The number of hydrogen-bond donors (Lipinski definition) is 1. The first-order valence-electron chi connectivity index (χ1n) is 7.53. The topological polar surface area (TPSA) is 41.3 Å². The Balaban J connectivity index is 1.63. The monoisotopic (exact) mass is 265 g/mol. The molecule has 4 heteroatoms. The van der Waals surface area contributed by atoms with Gasteiger partial charge in [0, 0.05) is 18.9 Å². The Labute approximate surface area is 116 Å². The molecule has 1 aromatic heterocycles. The van der Waals surface area contributed by atoms with Crippen molar-refractivity contribution >= 4 is 0 Å². The Hall–Kier alpha value is -0.870. The lowest BCUT2D eigenvalue weighted by atomic mass is 9.86. The Morgan fingerprint density at radius 2 is 2.00 bits per heavy atom. The minimum Gasteiger partial charge on any atom is -0.393 e. The number of aliphatic hydroxyl groups is 1. The first-order valence-corrected chi connectivity index (χ1v) is 7.53. The van der Waals surface area contributed by atoms with Crippen LogP contribution in [0.15, 0.2) is 18.7 Å². The van der Waals surface area contributed by atoms with Gasteiger partial charge in [0.2, 0.25) is 0 Å². The number of imidazole rings is 1. The van der Waals surface area contributed by atoms with Gasteiger partial charge in [0.05, 0.1) is 12.4 Å². The molecule has 1 aromatic rings. The second kappa shape index (κ2) is 7.06. The fourth-order valence-electron chi connectivity index (χ4n) is 2.96. The van der Waals surface area contributed by atoms with E-state index in [0.29, 0.717) is 11.8 Å². The van der Waals surface area contributed by atoms with Crippen molar-refractivity contribution in [3.05, 3.63) is 18.7 Å². The van der Waals surface area contributed by atoms with Crippen molar-refractivity contribution in [1.29, 1.82) is 0 Å². The largest absolute Gasteiger partial charge is 0.393 e. The zero-order chi connectivity index (χ0) is 13.7. The van der Waals surface area contributed by atoms with Crippen LogP contribution in [0.25, 0.3) is 0 Å². The van der Waals surface area contributed by atoms with Crippen molar-refractivity contribution in [3.8, 4) is 0 Å². The van der Waals surface area contributed by atoms with Crippen molar-refractivity contribution in [2.75, 3.05) is 19.6 Å². The molecule has 0 saturated carbocycles. The Kier molecular flexibility index (Phi) is 5.40. The van der Waals surface area contributed by atoms with Crippen LogP contribution in [0.4, 0.5) is 0 Å². The molecule has 1 atom stereocenters. The van der Waals surface area contributed by atoms with Crippen LogP contribution < -0.4 is 0 Å². The van der Waals surface area contributed by atoms with Gasteiger partial charge in [0.15, 0.2) is 0 Å². The summed E-state index contributed by atoms with van der Waals surface area (Å²) in [7, 11) is 0. The summed E-state index contributed by atoms with van der Waals surface area (Å²) in [5.74, 6) is 0.891. The molecule has 1 fully saturated rings. The van der Waals surface area contributed by atoms with Crippen molar-refractivity contribution < 1.29 is 5.11 Å². The van der Waals surface area contributed by atoms with Gasteiger partial charge in [-0.1, -0.05) is 13.8 Å². The molecule has 0 amide bonds. The van der Waals surface area contributed by atoms with Crippen molar-refractivity contribution in [2.24, 2.45) is 11.8 Å². The number of likely N-dealkylation sites (tertiary alicyclic amines) is 1. The van der Waals surface area contributed by atoms with Crippen LogP contribution in [0.5, 0.6) is 0 Å². The van der Waals surface area contributed by atoms with Gasteiger partial charge in [-0.15, -0.1) is 0 Å². The number of aryl methyl sites for hydroxylation is 1. The SMILES string of the molecule is CC(C)C(O)C1CCN(CCCn2ccnc2)CC1. The molecule has 108 valence electrons. The fraction of sp³-hybridized carbons (Fsp3) is 0.800. The van der Waals surface area contributed by atoms with Gasteiger partial charge < -0.3 is 14.6 Å². The second-order valence-electron chi connectivity index (χ2n) is 6.07. The van der Waals surface area contributed by atoms with E-state index in [9.17, 15) is 5.11 Å². The van der Waals surface area contributed by atoms with E-state index in [-0.39, 0.29) is 6.10 Å². The summed E-state index contributed by atoms with van der Waals surface area (Å²) in [5.41, 5.74) is 0. The van der Waals surface area contributed by atoms with Gasteiger partial charge in [-0.2, -0.15) is 0 Å². The van der Waals surface area contributed by atoms with E-state index >= 15 is 0 Å². The van der Waals surface area contributed by atoms with Crippen LogP contribution in [0.3, 0.4) is 0 Å². The molecule has 1 saturated heterocycles. The standard InChI is InChI=1S/C15H27N3O/c1-13(2)15(19)14-4-9-17(10-5-14)7-3-8-18-11-6-16-12-18/h6,11-15,19H,3-5,7-10H2,1-2H3. The Bertz CT molecular complexity index is 342. The maximum atomic E-state index is 10.1. The van der Waals surface area contributed by atoms with Crippen LogP contribution in [0, 0.1) is 11.8 Å². The Morgan fingerprint density at radius 1 is 1.26 bits per heavy atom. The third kappa shape index (κ3) is 4.32. The molecular formula is C15H27N3O. The maximum absolute atomic E-state index is 10.1. The first kappa shape index (κ1) is 14.5. The molecule has 1 aliphatic heterocycles. The highest BCUT2D eigenvalue weighted by Crippen LogP contribution is 2.24. The van der Waals surface area contributed by atoms with E-state index < -0.39 is 0 Å². The highest BCUT2D eigenvalue weighted by Gasteiger charge is 2.26. The van der Waals surface area contributed by atoms with E-state index in [1.165, 1.54) is 6.42 Å². The average molecular weight is 265 g/mol. The summed E-state index contributed by atoms with van der Waals surface area (Å²) in [6.07, 6.45) is 9.07. The third-order valence-corrected chi connectivity index (χ3v) is 4.25. The average Bonchev–Trinajstić information content (AvgIpc) is 2.92. The van der Waals surface area contributed by atoms with Crippen LogP contribution in [-0.4, -0.2) is 45.3 Å². The van der Waals surface area contributed by atoms with Crippen molar-refractivity contribution in [1.82, 2.24) is 14.5 Å². The molecule has 0 radical (unpaired) electrons. The van der Waals surface area contributed by atoms with Gasteiger partial charge >= 0.3 is 0 Å². The summed E-state index contributed by atoms with van der Waals surface area (Å²) >= 11 is 0. The number of rotatable bonds is 6. The van der Waals surface area contributed by atoms with E-state index in [2.05, 4.69) is 28.3 Å². The van der Waals surface area contributed by atoms with Gasteiger partial charge in [0.1, 0.15) is 0 Å². The van der Waals surface area contributed by atoms with E-state index in [4.69, 9.17) is 0 Å². The van der Waals surface area contributed by atoms with E-state index in [1.807, 2.05) is 18.7 Å². The molecular weight excluding hydrogens is 238 g/mol. The number of aliphatic hydroxyl groups excluding tert-OH is 1. The summed E-state index contributed by atoms with van der Waals surface area (Å²) in [6.45, 7) is 8.71.